The van der Waals surface area contributed by atoms with E-state index in [1.165, 1.54) is 0 Å². The van der Waals surface area contributed by atoms with Crippen molar-refractivity contribution < 1.29 is 10.2 Å². The third-order valence-corrected chi connectivity index (χ3v) is 3.58. The van der Waals surface area contributed by atoms with Gasteiger partial charge in [0.25, 0.3) is 0 Å². The summed E-state index contributed by atoms with van der Waals surface area (Å²) in [6.07, 6.45) is -1.60. The molecule has 3 heteroatoms. The van der Waals surface area contributed by atoms with Crippen LogP contribution in [0.4, 0.5) is 0 Å². The summed E-state index contributed by atoms with van der Waals surface area (Å²) in [5, 5.41) is 20.8. The monoisotopic (exact) mass is 291 g/mol. The van der Waals surface area contributed by atoms with E-state index in [0.29, 0.717) is 11.4 Å². The van der Waals surface area contributed by atoms with E-state index in [1.54, 1.807) is 18.2 Å². The summed E-state index contributed by atoms with van der Waals surface area (Å²) in [6.45, 7) is 0. The van der Waals surface area contributed by atoms with E-state index in [0.717, 1.165) is 11.1 Å². The quantitative estimate of drug-likeness (QED) is 0.776. The number of rotatable bonds is 4. The normalized spacial score (nSPS) is 13.5. The first-order valence-electron chi connectivity index (χ1n) is 7.18. The predicted octanol–water partition coefficient (Wildman–Crippen LogP) is 3.25. The Kier molecular flexibility index (Phi) is 4.28. The maximum absolute atomic E-state index is 10.4. The van der Waals surface area contributed by atoms with Crippen LogP contribution in [0, 0.1) is 0 Å². The third-order valence-electron chi connectivity index (χ3n) is 3.58. The number of hydrogen-bond donors (Lipinski definition) is 2. The summed E-state index contributed by atoms with van der Waals surface area (Å²) in [4.78, 5) is 4.43. The SMILES string of the molecule is OC(c1ccccc1)c1cccc(C(O)c2ccccc2)n1. The number of nitrogens with zero attached hydrogens (tertiary/aromatic N) is 1. The van der Waals surface area contributed by atoms with Crippen molar-refractivity contribution in [1.82, 2.24) is 4.98 Å². The Morgan fingerprint density at radius 1 is 0.545 bits per heavy atom. The van der Waals surface area contributed by atoms with Gasteiger partial charge in [-0.3, -0.25) is 4.98 Å². The maximum atomic E-state index is 10.4. The van der Waals surface area contributed by atoms with E-state index in [-0.39, 0.29) is 0 Å². The second kappa shape index (κ2) is 6.52. The van der Waals surface area contributed by atoms with Gasteiger partial charge in [0.15, 0.2) is 0 Å². The topological polar surface area (TPSA) is 53.4 Å². The summed E-state index contributed by atoms with van der Waals surface area (Å²) in [6, 6.07) is 24.1. The number of aliphatic hydroxyl groups is 2. The molecule has 3 rings (SSSR count). The van der Waals surface area contributed by atoms with E-state index in [9.17, 15) is 10.2 Å². The Bertz CT molecular complexity index is 668. The minimum atomic E-state index is -0.802. The molecule has 0 saturated heterocycles. The van der Waals surface area contributed by atoms with Crippen LogP contribution >= 0.6 is 0 Å². The molecule has 0 aliphatic heterocycles. The van der Waals surface area contributed by atoms with Crippen molar-refractivity contribution in [1.29, 1.82) is 0 Å². The first-order chi connectivity index (χ1) is 10.8. The lowest BCUT2D eigenvalue weighted by atomic mass is 10.0. The van der Waals surface area contributed by atoms with Crippen LogP contribution in [0.15, 0.2) is 78.9 Å². The standard InChI is InChI=1S/C19H17NO2/c21-18(14-8-3-1-4-9-14)16-12-7-13-17(20-16)19(22)15-10-5-2-6-11-15/h1-13,18-19,21-22H. The molecular weight excluding hydrogens is 274 g/mol. The highest BCUT2D eigenvalue weighted by Crippen LogP contribution is 2.24. The van der Waals surface area contributed by atoms with Crippen molar-refractivity contribution >= 4 is 0 Å². The lowest BCUT2D eigenvalue weighted by molar-refractivity contribution is 0.204. The van der Waals surface area contributed by atoms with Gasteiger partial charge < -0.3 is 10.2 Å². The van der Waals surface area contributed by atoms with Gasteiger partial charge in [-0.15, -0.1) is 0 Å². The second-order valence-electron chi connectivity index (χ2n) is 5.11. The largest absolute Gasteiger partial charge is 0.382 e. The van der Waals surface area contributed by atoms with Crippen LogP contribution in [0.3, 0.4) is 0 Å². The molecule has 0 aliphatic carbocycles. The fourth-order valence-corrected chi connectivity index (χ4v) is 2.39. The summed E-state index contributed by atoms with van der Waals surface area (Å²) in [7, 11) is 0. The molecule has 1 aromatic heterocycles. The molecule has 0 saturated carbocycles. The Morgan fingerprint density at radius 2 is 0.955 bits per heavy atom. The van der Waals surface area contributed by atoms with Gasteiger partial charge in [0, 0.05) is 0 Å². The first kappa shape index (κ1) is 14.4. The highest BCUT2D eigenvalue weighted by Gasteiger charge is 2.16. The predicted molar refractivity (Wildman–Crippen MR) is 85.2 cm³/mol. The minimum Gasteiger partial charge on any atom is -0.382 e. The van der Waals surface area contributed by atoms with Crippen LogP contribution in [0.2, 0.25) is 0 Å². The summed E-state index contributed by atoms with van der Waals surface area (Å²) in [5.41, 5.74) is 2.61. The molecule has 0 fully saturated rings. The maximum Gasteiger partial charge on any atom is 0.121 e. The van der Waals surface area contributed by atoms with Gasteiger partial charge in [-0.25, -0.2) is 0 Å². The van der Waals surface area contributed by atoms with Crippen LogP contribution in [0.1, 0.15) is 34.7 Å². The summed E-state index contributed by atoms with van der Waals surface area (Å²) in [5.74, 6) is 0. The summed E-state index contributed by atoms with van der Waals surface area (Å²) < 4.78 is 0. The van der Waals surface area contributed by atoms with Crippen molar-refractivity contribution in [3.63, 3.8) is 0 Å². The number of pyridine rings is 1. The summed E-state index contributed by atoms with van der Waals surface area (Å²) >= 11 is 0. The van der Waals surface area contributed by atoms with Crippen molar-refractivity contribution in [2.75, 3.05) is 0 Å². The Labute approximate surface area is 129 Å². The van der Waals surface area contributed by atoms with Crippen LogP contribution in [0.5, 0.6) is 0 Å². The molecule has 0 bridgehead atoms. The van der Waals surface area contributed by atoms with E-state index < -0.39 is 12.2 Å². The number of aliphatic hydroxyl groups excluding tert-OH is 2. The lowest BCUT2D eigenvalue weighted by Gasteiger charge is -2.15. The van der Waals surface area contributed by atoms with Gasteiger partial charge in [-0.2, -0.15) is 0 Å². The van der Waals surface area contributed by atoms with Crippen molar-refractivity contribution in [2.24, 2.45) is 0 Å². The van der Waals surface area contributed by atoms with Crippen LogP contribution < -0.4 is 0 Å². The fourth-order valence-electron chi connectivity index (χ4n) is 2.39. The lowest BCUT2D eigenvalue weighted by Crippen LogP contribution is -2.07. The van der Waals surface area contributed by atoms with Crippen molar-refractivity contribution in [2.45, 2.75) is 12.2 Å². The van der Waals surface area contributed by atoms with Crippen molar-refractivity contribution in [3.05, 3.63) is 101 Å². The number of aromatic nitrogens is 1. The molecule has 0 amide bonds. The second-order valence-corrected chi connectivity index (χ2v) is 5.11. The van der Waals surface area contributed by atoms with Crippen molar-refractivity contribution in [3.8, 4) is 0 Å². The van der Waals surface area contributed by atoms with Gasteiger partial charge in [0.05, 0.1) is 11.4 Å². The van der Waals surface area contributed by atoms with Crippen LogP contribution in [-0.4, -0.2) is 15.2 Å². The zero-order valence-corrected chi connectivity index (χ0v) is 12.0. The number of benzene rings is 2. The van der Waals surface area contributed by atoms with E-state index in [4.69, 9.17) is 0 Å². The Hall–Kier alpha value is -2.49. The van der Waals surface area contributed by atoms with Gasteiger partial charge in [-0.1, -0.05) is 66.7 Å². The average Bonchev–Trinajstić information content (AvgIpc) is 2.62. The molecule has 22 heavy (non-hydrogen) atoms. The van der Waals surface area contributed by atoms with Gasteiger partial charge in [-0.05, 0) is 23.3 Å². The van der Waals surface area contributed by atoms with E-state index in [2.05, 4.69) is 4.98 Å². The Morgan fingerprint density at radius 3 is 1.36 bits per heavy atom. The molecular formula is C19H17NO2. The van der Waals surface area contributed by atoms with E-state index >= 15 is 0 Å². The zero-order valence-electron chi connectivity index (χ0n) is 12.0. The molecule has 0 spiro atoms. The molecule has 3 nitrogen and oxygen atoms in total. The molecule has 3 aromatic rings. The van der Waals surface area contributed by atoms with Crippen LogP contribution in [-0.2, 0) is 0 Å². The molecule has 1 heterocycles. The molecule has 0 aliphatic rings. The molecule has 2 N–H and O–H groups in total. The van der Waals surface area contributed by atoms with Gasteiger partial charge in [0.2, 0.25) is 0 Å². The highest BCUT2D eigenvalue weighted by atomic mass is 16.3. The molecule has 2 unspecified atom stereocenters. The third kappa shape index (κ3) is 3.06. The molecule has 2 aromatic carbocycles. The Balaban J connectivity index is 1.90. The molecule has 0 radical (unpaired) electrons. The highest BCUT2D eigenvalue weighted by molar-refractivity contribution is 5.30. The average molecular weight is 291 g/mol. The van der Waals surface area contributed by atoms with Gasteiger partial charge in [0.1, 0.15) is 12.2 Å². The van der Waals surface area contributed by atoms with Gasteiger partial charge >= 0.3 is 0 Å². The fraction of sp³-hybridized carbons (Fsp3) is 0.105. The zero-order chi connectivity index (χ0) is 15.4. The van der Waals surface area contributed by atoms with E-state index in [1.807, 2.05) is 60.7 Å². The molecule has 2 atom stereocenters. The van der Waals surface area contributed by atoms with Crippen LogP contribution in [0.25, 0.3) is 0 Å². The minimum absolute atomic E-state index is 0.527. The smallest absolute Gasteiger partial charge is 0.121 e. The first-order valence-corrected chi connectivity index (χ1v) is 7.18. The molecule has 110 valence electrons. The number of hydrogen-bond acceptors (Lipinski definition) is 3.